The Labute approximate surface area is 148 Å². The predicted octanol–water partition coefficient (Wildman–Crippen LogP) is 2.14. The standard InChI is InChI=1S/C19H24N2O3S/c1-14(16-8-7-15-5-3-4-6-17(15)11-16)20-19(22)12-21(2)18-9-10-25(23,24)13-18/h3-8,11,14,18H,9-10,12-13H2,1-2H3,(H,20,22). The minimum atomic E-state index is -2.94. The number of hydrogen-bond acceptors (Lipinski definition) is 4. The predicted molar refractivity (Wildman–Crippen MR) is 100 cm³/mol. The Morgan fingerprint density at radius 3 is 2.64 bits per heavy atom. The van der Waals surface area contributed by atoms with Gasteiger partial charge in [0.25, 0.3) is 0 Å². The summed E-state index contributed by atoms with van der Waals surface area (Å²) >= 11 is 0. The molecule has 6 heteroatoms. The van der Waals surface area contributed by atoms with E-state index in [-0.39, 0.29) is 36.0 Å². The van der Waals surface area contributed by atoms with Crippen molar-refractivity contribution in [3.8, 4) is 0 Å². The van der Waals surface area contributed by atoms with Crippen LogP contribution in [0, 0.1) is 0 Å². The lowest BCUT2D eigenvalue weighted by Gasteiger charge is -2.23. The molecule has 1 aliphatic rings. The van der Waals surface area contributed by atoms with Crippen LogP contribution in [0.1, 0.15) is 24.9 Å². The van der Waals surface area contributed by atoms with Crippen LogP contribution in [0.4, 0.5) is 0 Å². The third kappa shape index (κ3) is 4.38. The first-order valence-electron chi connectivity index (χ1n) is 8.53. The molecule has 0 aliphatic carbocycles. The first-order chi connectivity index (χ1) is 11.8. The number of hydrogen-bond donors (Lipinski definition) is 1. The maximum absolute atomic E-state index is 12.3. The second kappa shape index (κ2) is 7.14. The van der Waals surface area contributed by atoms with Crippen LogP contribution in [0.3, 0.4) is 0 Å². The van der Waals surface area contributed by atoms with E-state index >= 15 is 0 Å². The van der Waals surface area contributed by atoms with Crippen LogP contribution in [0.25, 0.3) is 10.8 Å². The van der Waals surface area contributed by atoms with E-state index in [2.05, 4.69) is 29.6 Å². The van der Waals surface area contributed by atoms with Crippen molar-refractivity contribution < 1.29 is 13.2 Å². The number of nitrogens with zero attached hydrogens (tertiary/aromatic N) is 1. The summed E-state index contributed by atoms with van der Waals surface area (Å²) in [6.45, 7) is 2.17. The molecule has 0 saturated carbocycles. The van der Waals surface area contributed by atoms with Crippen molar-refractivity contribution in [3.05, 3.63) is 48.0 Å². The van der Waals surface area contributed by atoms with E-state index in [1.807, 2.05) is 37.1 Å². The van der Waals surface area contributed by atoms with Gasteiger partial charge in [0, 0.05) is 6.04 Å². The highest BCUT2D eigenvalue weighted by atomic mass is 32.2. The lowest BCUT2D eigenvalue weighted by molar-refractivity contribution is -0.123. The molecule has 0 spiro atoms. The largest absolute Gasteiger partial charge is 0.348 e. The summed E-state index contributed by atoms with van der Waals surface area (Å²) in [6, 6.07) is 14.1. The zero-order valence-corrected chi connectivity index (χ0v) is 15.4. The van der Waals surface area contributed by atoms with Gasteiger partial charge in [-0.15, -0.1) is 0 Å². The normalized spacial score (nSPS) is 20.7. The van der Waals surface area contributed by atoms with Gasteiger partial charge in [-0.25, -0.2) is 8.42 Å². The molecular formula is C19H24N2O3S. The number of nitrogens with one attached hydrogen (secondary N) is 1. The molecule has 1 fully saturated rings. The van der Waals surface area contributed by atoms with Crippen LogP contribution in [0.2, 0.25) is 0 Å². The quantitative estimate of drug-likeness (QED) is 0.887. The average Bonchev–Trinajstić information content (AvgIpc) is 2.94. The van der Waals surface area contributed by atoms with Crippen LogP contribution in [-0.4, -0.2) is 50.4 Å². The zero-order valence-electron chi connectivity index (χ0n) is 14.6. The van der Waals surface area contributed by atoms with E-state index in [9.17, 15) is 13.2 Å². The van der Waals surface area contributed by atoms with E-state index in [0.717, 1.165) is 10.9 Å². The van der Waals surface area contributed by atoms with Crippen molar-refractivity contribution in [2.75, 3.05) is 25.1 Å². The molecule has 1 N–H and O–H groups in total. The van der Waals surface area contributed by atoms with Crippen molar-refractivity contribution in [1.82, 2.24) is 10.2 Å². The minimum absolute atomic E-state index is 0.0632. The molecule has 0 radical (unpaired) electrons. The maximum atomic E-state index is 12.3. The summed E-state index contributed by atoms with van der Waals surface area (Å²) in [7, 11) is -1.13. The van der Waals surface area contributed by atoms with E-state index in [1.54, 1.807) is 0 Å². The van der Waals surface area contributed by atoms with Gasteiger partial charge in [-0.2, -0.15) is 0 Å². The fourth-order valence-electron chi connectivity index (χ4n) is 3.33. The number of benzene rings is 2. The molecule has 5 nitrogen and oxygen atoms in total. The summed E-state index contributed by atoms with van der Waals surface area (Å²) in [5.74, 6) is 0.279. The molecule has 25 heavy (non-hydrogen) atoms. The first-order valence-corrected chi connectivity index (χ1v) is 10.3. The van der Waals surface area contributed by atoms with E-state index < -0.39 is 9.84 Å². The second-order valence-electron chi connectivity index (χ2n) is 6.87. The molecule has 3 rings (SSSR count). The lowest BCUT2D eigenvalue weighted by atomic mass is 10.0. The molecule has 2 unspecified atom stereocenters. The fourth-order valence-corrected chi connectivity index (χ4v) is 5.13. The molecule has 0 aromatic heterocycles. The highest BCUT2D eigenvalue weighted by Crippen LogP contribution is 2.20. The van der Waals surface area contributed by atoms with Gasteiger partial charge in [0.05, 0.1) is 24.1 Å². The van der Waals surface area contributed by atoms with Crippen molar-refractivity contribution in [2.45, 2.75) is 25.4 Å². The van der Waals surface area contributed by atoms with E-state index in [0.29, 0.717) is 6.42 Å². The third-order valence-corrected chi connectivity index (χ3v) is 6.63. The van der Waals surface area contributed by atoms with Gasteiger partial charge in [-0.05, 0) is 42.8 Å². The molecule has 2 aromatic carbocycles. The number of amides is 1. The Morgan fingerprint density at radius 2 is 1.96 bits per heavy atom. The second-order valence-corrected chi connectivity index (χ2v) is 9.10. The fraction of sp³-hybridized carbons (Fsp3) is 0.421. The molecule has 2 atom stereocenters. The SMILES string of the molecule is CC(NC(=O)CN(C)C1CCS(=O)(=O)C1)c1ccc2ccccc2c1. The number of fused-ring (bicyclic) bond motifs is 1. The number of sulfone groups is 1. The van der Waals surface area contributed by atoms with E-state index in [4.69, 9.17) is 0 Å². The summed E-state index contributed by atoms with van der Waals surface area (Å²) < 4.78 is 23.1. The molecular weight excluding hydrogens is 336 g/mol. The van der Waals surface area contributed by atoms with Gasteiger partial charge in [-0.3, -0.25) is 9.69 Å². The maximum Gasteiger partial charge on any atom is 0.234 e. The van der Waals surface area contributed by atoms with Gasteiger partial charge < -0.3 is 5.32 Å². The van der Waals surface area contributed by atoms with Crippen molar-refractivity contribution in [2.24, 2.45) is 0 Å². The first kappa shape index (κ1) is 17.9. The van der Waals surface area contributed by atoms with Crippen molar-refractivity contribution in [3.63, 3.8) is 0 Å². The van der Waals surface area contributed by atoms with Crippen LogP contribution in [-0.2, 0) is 14.6 Å². The highest BCUT2D eigenvalue weighted by Gasteiger charge is 2.31. The lowest BCUT2D eigenvalue weighted by Crippen LogP contribution is -2.41. The Morgan fingerprint density at radius 1 is 1.24 bits per heavy atom. The summed E-state index contributed by atoms with van der Waals surface area (Å²) in [5, 5.41) is 5.33. The molecule has 1 amide bonds. The highest BCUT2D eigenvalue weighted by molar-refractivity contribution is 7.91. The topological polar surface area (TPSA) is 66.5 Å². The minimum Gasteiger partial charge on any atom is -0.348 e. The molecule has 1 aliphatic heterocycles. The molecule has 0 bridgehead atoms. The van der Waals surface area contributed by atoms with Crippen LogP contribution >= 0.6 is 0 Å². The number of carbonyl (C=O) groups excluding carboxylic acids is 1. The molecule has 1 heterocycles. The number of rotatable bonds is 5. The smallest absolute Gasteiger partial charge is 0.234 e. The number of likely N-dealkylation sites (N-methyl/N-ethyl adjacent to an activating group) is 1. The third-order valence-electron chi connectivity index (χ3n) is 4.88. The Hall–Kier alpha value is -1.92. The van der Waals surface area contributed by atoms with Gasteiger partial charge in [-0.1, -0.05) is 36.4 Å². The van der Waals surface area contributed by atoms with Gasteiger partial charge in [0.1, 0.15) is 0 Å². The monoisotopic (exact) mass is 360 g/mol. The average molecular weight is 360 g/mol. The van der Waals surface area contributed by atoms with Crippen LogP contribution in [0.5, 0.6) is 0 Å². The van der Waals surface area contributed by atoms with Gasteiger partial charge >= 0.3 is 0 Å². The molecule has 134 valence electrons. The Bertz CT molecular complexity index is 879. The van der Waals surface area contributed by atoms with Crippen LogP contribution < -0.4 is 5.32 Å². The van der Waals surface area contributed by atoms with Crippen molar-refractivity contribution in [1.29, 1.82) is 0 Å². The van der Waals surface area contributed by atoms with Crippen molar-refractivity contribution >= 4 is 26.5 Å². The summed E-state index contributed by atoms with van der Waals surface area (Å²) in [5.41, 5.74) is 1.05. The van der Waals surface area contributed by atoms with Gasteiger partial charge in [0.15, 0.2) is 9.84 Å². The zero-order chi connectivity index (χ0) is 18.0. The molecule has 1 saturated heterocycles. The summed E-state index contributed by atoms with van der Waals surface area (Å²) in [4.78, 5) is 14.2. The molecule has 2 aromatic rings. The number of carbonyl (C=O) groups is 1. The van der Waals surface area contributed by atoms with E-state index in [1.165, 1.54) is 5.39 Å². The Balaban J connectivity index is 1.59. The summed E-state index contributed by atoms with van der Waals surface area (Å²) in [6.07, 6.45) is 0.604. The van der Waals surface area contributed by atoms with Gasteiger partial charge in [0.2, 0.25) is 5.91 Å². The Kier molecular flexibility index (Phi) is 5.11. The van der Waals surface area contributed by atoms with Crippen LogP contribution in [0.15, 0.2) is 42.5 Å².